The molecule has 0 aliphatic carbocycles. The quantitative estimate of drug-likeness (QED) is 0.526. The number of rotatable bonds is 7. The number of piperazine rings is 1. The summed E-state index contributed by atoms with van der Waals surface area (Å²) in [5.41, 5.74) is 1.33. The molecule has 0 amide bonds. The number of hydrogen-bond acceptors (Lipinski definition) is 8. The number of ether oxygens (including phenoxy) is 1. The van der Waals surface area contributed by atoms with Crippen LogP contribution in [-0.4, -0.2) is 71.3 Å². The van der Waals surface area contributed by atoms with Gasteiger partial charge in [0.05, 0.1) is 18.6 Å². The van der Waals surface area contributed by atoms with Crippen molar-refractivity contribution in [2.45, 2.75) is 19.9 Å². The number of hydrogen-bond donors (Lipinski definition) is 0. The highest BCUT2D eigenvalue weighted by molar-refractivity contribution is 7.89. The molecule has 0 radical (unpaired) electrons. The third-order valence-electron chi connectivity index (χ3n) is 5.21. The molecule has 3 aromatic rings. The second-order valence-corrected chi connectivity index (χ2v) is 10.5. The molecule has 11 heteroatoms. The Bertz CT molecular complexity index is 1210. The molecule has 0 atom stereocenters. The first-order valence-corrected chi connectivity index (χ1v) is 12.6. The molecule has 0 unspecified atom stereocenters. The van der Waals surface area contributed by atoms with E-state index in [1.54, 1.807) is 11.4 Å². The molecule has 1 aromatic carbocycles. The van der Waals surface area contributed by atoms with E-state index in [4.69, 9.17) is 4.74 Å². The highest BCUT2D eigenvalue weighted by atomic mass is 32.2. The summed E-state index contributed by atoms with van der Waals surface area (Å²) in [4.78, 5) is 19.9. The van der Waals surface area contributed by atoms with E-state index in [2.05, 4.69) is 15.0 Å². The molecule has 1 aliphatic rings. The first-order chi connectivity index (χ1) is 14.9. The highest BCUT2D eigenvalue weighted by Gasteiger charge is 2.26. The maximum atomic E-state index is 12.6. The summed E-state index contributed by atoms with van der Waals surface area (Å²) in [7, 11) is -1.56. The van der Waals surface area contributed by atoms with Gasteiger partial charge in [-0.05, 0) is 30.7 Å². The summed E-state index contributed by atoms with van der Waals surface area (Å²) >= 11 is 1.36. The smallest absolute Gasteiger partial charge is 0.275 e. The Morgan fingerprint density at radius 3 is 2.48 bits per heavy atom. The average Bonchev–Trinajstić information content (AvgIpc) is 3.19. The second-order valence-electron chi connectivity index (χ2n) is 7.41. The third kappa shape index (κ3) is 4.79. The molecule has 1 aliphatic heterocycles. The minimum absolute atomic E-state index is 0.184. The van der Waals surface area contributed by atoms with Crippen molar-refractivity contribution in [3.8, 4) is 16.3 Å². The van der Waals surface area contributed by atoms with Crippen LogP contribution >= 0.6 is 11.3 Å². The summed E-state index contributed by atoms with van der Waals surface area (Å²) in [6, 6.07) is 9.00. The first kappa shape index (κ1) is 21.9. The molecular weight excluding hydrogens is 438 g/mol. The zero-order chi connectivity index (χ0) is 22.0. The molecule has 3 heterocycles. The zero-order valence-electron chi connectivity index (χ0n) is 17.5. The van der Waals surface area contributed by atoms with E-state index in [0.717, 1.165) is 11.3 Å². The molecule has 0 N–H and O–H groups in total. The Labute approximate surface area is 184 Å². The van der Waals surface area contributed by atoms with Crippen LogP contribution in [0.1, 0.15) is 19.0 Å². The van der Waals surface area contributed by atoms with Gasteiger partial charge in [-0.15, -0.1) is 0 Å². The fraction of sp³-hybridized carbons (Fsp3) is 0.450. The summed E-state index contributed by atoms with van der Waals surface area (Å²) in [6.07, 6.45) is 0.615. The summed E-state index contributed by atoms with van der Waals surface area (Å²) in [5, 5.41) is 5.12. The van der Waals surface area contributed by atoms with E-state index in [1.807, 2.05) is 31.2 Å². The van der Waals surface area contributed by atoms with E-state index in [0.29, 0.717) is 54.8 Å². The van der Waals surface area contributed by atoms with Gasteiger partial charge in [-0.25, -0.2) is 13.4 Å². The van der Waals surface area contributed by atoms with Gasteiger partial charge in [-0.1, -0.05) is 18.3 Å². The molecule has 166 valence electrons. The molecule has 9 nitrogen and oxygen atoms in total. The van der Waals surface area contributed by atoms with Gasteiger partial charge in [0, 0.05) is 44.4 Å². The zero-order valence-corrected chi connectivity index (χ0v) is 19.2. The molecule has 1 saturated heterocycles. The van der Waals surface area contributed by atoms with Crippen LogP contribution in [0.3, 0.4) is 0 Å². The van der Waals surface area contributed by atoms with E-state index in [1.165, 1.54) is 21.9 Å². The number of benzene rings is 1. The Morgan fingerprint density at radius 1 is 1.13 bits per heavy atom. The topological polar surface area (TPSA) is 97.1 Å². The van der Waals surface area contributed by atoms with Crippen LogP contribution in [0.4, 0.5) is 0 Å². The largest absolute Gasteiger partial charge is 0.497 e. The maximum Gasteiger partial charge on any atom is 0.275 e. The van der Waals surface area contributed by atoms with Gasteiger partial charge < -0.3 is 4.74 Å². The lowest BCUT2D eigenvalue weighted by Crippen LogP contribution is -2.48. The fourth-order valence-corrected chi connectivity index (χ4v) is 5.99. The number of aromatic nitrogens is 3. The van der Waals surface area contributed by atoms with Gasteiger partial charge in [-0.2, -0.15) is 13.9 Å². The predicted molar refractivity (Wildman–Crippen MR) is 120 cm³/mol. The Balaban J connectivity index is 1.49. The van der Waals surface area contributed by atoms with Crippen LogP contribution in [0, 0.1) is 0 Å². The molecular formula is C20H25N5O4S2. The molecule has 2 aromatic heterocycles. The average molecular weight is 464 g/mol. The van der Waals surface area contributed by atoms with Crippen LogP contribution < -0.4 is 10.3 Å². The van der Waals surface area contributed by atoms with Crippen molar-refractivity contribution in [1.82, 2.24) is 23.8 Å². The normalized spacial score (nSPS) is 16.1. The monoisotopic (exact) mass is 463 g/mol. The number of fused-ring (bicyclic) bond motifs is 1. The molecule has 0 saturated carbocycles. The lowest BCUT2D eigenvalue weighted by atomic mass is 10.2. The van der Waals surface area contributed by atoms with Crippen molar-refractivity contribution < 1.29 is 13.2 Å². The van der Waals surface area contributed by atoms with Crippen LogP contribution in [-0.2, 0) is 16.6 Å². The molecule has 31 heavy (non-hydrogen) atoms. The van der Waals surface area contributed by atoms with Gasteiger partial charge in [0.25, 0.3) is 5.56 Å². The third-order valence-corrected chi connectivity index (χ3v) is 8.24. The SMILES string of the molecule is CCCS(=O)(=O)N1CCN(Cc2cc(=O)n3nc(-c4ccc(OC)cc4)sc3n2)CC1. The van der Waals surface area contributed by atoms with E-state index in [-0.39, 0.29) is 11.3 Å². The standard InChI is InChI=1S/C20H25N5O4S2/c1-3-12-31(27,28)24-10-8-23(9-11-24)14-16-13-18(26)25-20(21-16)30-19(22-25)15-4-6-17(29-2)7-5-15/h4-7,13H,3,8-12,14H2,1-2H3. The Kier molecular flexibility index (Phi) is 6.37. The summed E-state index contributed by atoms with van der Waals surface area (Å²) < 4.78 is 32.5. The molecule has 1 fully saturated rings. The van der Waals surface area contributed by atoms with Gasteiger partial charge in [0.15, 0.2) is 0 Å². The van der Waals surface area contributed by atoms with Crippen molar-refractivity contribution in [2.75, 3.05) is 39.0 Å². The van der Waals surface area contributed by atoms with E-state index < -0.39 is 10.0 Å². The van der Waals surface area contributed by atoms with Gasteiger partial charge in [-0.3, -0.25) is 9.69 Å². The van der Waals surface area contributed by atoms with Crippen LogP contribution in [0.15, 0.2) is 35.1 Å². The van der Waals surface area contributed by atoms with Crippen LogP contribution in [0.5, 0.6) is 5.75 Å². The van der Waals surface area contributed by atoms with Crippen LogP contribution in [0.2, 0.25) is 0 Å². The molecule has 4 rings (SSSR count). The Hall–Kier alpha value is -2.34. The number of sulfonamides is 1. The number of methoxy groups -OCH3 is 1. The molecule has 0 spiro atoms. The van der Waals surface area contributed by atoms with Crippen molar-refractivity contribution in [3.63, 3.8) is 0 Å². The molecule has 0 bridgehead atoms. The van der Waals surface area contributed by atoms with E-state index in [9.17, 15) is 13.2 Å². The predicted octanol–water partition coefficient (Wildman–Crippen LogP) is 1.68. The number of nitrogens with zero attached hydrogens (tertiary/aromatic N) is 5. The first-order valence-electron chi connectivity index (χ1n) is 10.1. The fourth-order valence-electron chi connectivity index (χ4n) is 3.57. The second kappa shape index (κ2) is 9.03. The minimum Gasteiger partial charge on any atom is -0.497 e. The van der Waals surface area contributed by atoms with Gasteiger partial charge in [0.2, 0.25) is 15.0 Å². The van der Waals surface area contributed by atoms with Gasteiger partial charge >= 0.3 is 0 Å². The van der Waals surface area contributed by atoms with Crippen molar-refractivity contribution in [1.29, 1.82) is 0 Å². The maximum absolute atomic E-state index is 12.6. The van der Waals surface area contributed by atoms with E-state index >= 15 is 0 Å². The van der Waals surface area contributed by atoms with Crippen LogP contribution in [0.25, 0.3) is 15.5 Å². The highest BCUT2D eigenvalue weighted by Crippen LogP contribution is 2.26. The van der Waals surface area contributed by atoms with Gasteiger partial charge in [0.1, 0.15) is 10.8 Å². The van der Waals surface area contributed by atoms with Crippen molar-refractivity contribution in [2.24, 2.45) is 0 Å². The summed E-state index contributed by atoms with van der Waals surface area (Å²) in [6.45, 7) is 4.53. The van der Waals surface area contributed by atoms with Crippen molar-refractivity contribution in [3.05, 3.63) is 46.4 Å². The lowest BCUT2D eigenvalue weighted by Gasteiger charge is -2.33. The minimum atomic E-state index is -3.17. The Morgan fingerprint density at radius 2 is 1.84 bits per heavy atom. The summed E-state index contributed by atoms with van der Waals surface area (Å²) in [5.74, 6) is 0.939. The van der Waals surface area contributed by atoms with Crippen molar-refractivity contribution >= 4 is 26.3 Å². The lowest BCUT2D eigenvalue weighted by molar-refractivity contribution is 0.180.